The van der Waals surface area contributed by atoms with Crippen LogP contribution in [-0.2, 0) is 9.47 Å². The summed E-state index contributed by atoms with van der Waals surface area (Å²) in [6.45, 7) is 4.91. The van der Waals surface area contributed by atoms with Crippen molar-refractivity contribution in [2.24, 2.45) is 52.0 Å². The molecule has 0 aromatic rings. The Morgan fingerprint density at radius 1 is 1.31 bits per heavy atom. The molecule has 1 aliphatic heterocycles. The number of nitrogens with zero attached hydrogens (tertiary/aromatic N) is 1. The van der Waals surface area contributed by atoms with Crippen molar-refractivity contribution in [3.63, 3.8) is 0 Å². The third-order valence-electron chi connectivity index (χ3n) is 10.2. The van der Waals surface area contributed by atoms with E-state index in [1.165, 1.54) is 38.5 Å². The lowest BCUT2D eigenvalue weighted by Crippen LogP contribution is -2.57. The first-order valence-corrected chi connectivity index (χ1v) is 11.9. The molecule has 0 saturated heterocycles. The molecule has 0 radical (unpaired) electrons. The van der Waals surface area contributed by atoms with Crippen LogP contribution in [0.3, 0.4) is 0 Å². The number of allylic oxidation sites excluding steroid dienone is 2. The van der Waals surface area contributed by atoms with E-state index in [0.717, 1.165) is 35.8 Å². The number of hydrogen-bond acceptors (Lipinski definition) is 4. The molecular formula is C25H35NO3. The van der Waals surface area contributed by atoms with Gasteiger partial charge in [-0.05, 0) is 98.5 Å². The average Bonchev–Trinajstić information content (AvgIpc) is 3.37. The first-order chi connectivity index (χ1) is 14.1. The van der Waals surface area contributed by atoms with Crippen molar-refractivity contribution in [2.45, 2.75) is 70.7 Å². The van der Waals surface area contributed by atoms with Gasteiger partial charge in [0.1, 0.15) is 0 Å². The smallest absolute Gasteiger partial charge is 0.177 e. The van der Waals surface area contributed by atoms with E-state index in [0.29, 0.717) is 17.8 Å². The molecule has 29 heavy (non-hydrogen) atoms. The van der Waals surface area contributed by atoms with Gasteiger partial charge in [-0.3, -0.25) is 0 Å². The van der Waals surface area contributed by atoms with E-state index in [2.05, 4.69) is 37.2 Å². The zero-order chi connectivity index (χ0) is 20.0. The second kappa shape index (κ2) is 6.20. The first-order valence-electron chi connectivity index (χ1n) is 11.9. The van der Waals surface area contributed by atoms with Crippen LogP contribution in [-0.4, -0.2) is 29.9 Å². The molecule has 4 saturated carbocycles. The van der Waals surface area contributed by atoms with Crippen LogP contribution < -0.4 is 0 Å². The molecule has 5 aliphatic carbocycles. The third kappa shape index (κ3) is 2.20. The Morgan fingerprint density at radius 2 is 2.17 bits per heavy atom. The van der Waals surface area contributed by atoms with Crippen molar-refractivity contribution in [3.8, 4) is 0 Å². The van der Waals surface area contributed by atoms with E-state index in [4.69, 9.17) is 9.47 Å². The van der Waals surface area contributed by atoms with Gasteiger partial charge in [0, 0.05) is 12.5 Å². The Morgan fingerprint density at radius 3 is 2.90 bits per heavy atom. The number of ether oxygens (including phenoxy) is 2. The van der Waals surface area contributed by atoms with Crippen LogP contribution in [0.25, 0.3) is 0 Å². The fraction of sp³-hybridized carbons (Fsp3) is 0.800. The highest BCUT2D eigenvalue weighted by Crippen LogP contribution is 2.79. The zero-order valence-corrected chi connectivity index (χ0v) is 18.0. The van der Waals surface area contributed by atoms with E-state index in [9.17, 15) is 5.21 Å². The van der Waals surface area contributed by atoms with Gasteiger partial charge in [0.15, 0.2) is 6.29 Å². The lowest BCUT2D eigenvalue weighted by molar-refractivity contribution is -0.212. The second-order valence-corrected chi connectivity index (χ2v) is 10.8. The number of rotatable bonds is 2. The van der Waals surface area contributed by atoms with Crippen molar-refractivity contribution in [3.05, 3.63) is 23.8 Å². The van der Waals surface area contributed by atoms with Crippen molar-refractivity contribution in [1.82, 2.24) is 0 Å². The quantitative estimate of drug-likeness (QED) is 0.397. The van der Waals surface area contributed by atoms with Crippen LogP contribution in [0.15, 0.2) is 29.0 Å². The molecule has 0 aromatic carbocycles. The Bertz CT molecular complexity index is 802. The minimum Gasteiger partial charge on any atom is -0.411 e. The minimum absolute atomic E-state index is 0.0815. The van der Waals surface area contributed by atoms with Crippen LogP contribution in [0.5, 0.6) is 0 Å². The molecule has 4 fully saturated rings. The molecule has 158 valence electrons. The van der Waals surface area contributed by atoms with Gasteiger partial charge in [0.2, 0.25) is 0 Å². The highest BCUT2D eigenvalue weighted by atomic mass is 16.7. The van der Waals surface area contributed by atoms with Gasteiger partial charge in [0.25, 0.3) is 0 Å². The van der Waals surface area contributed by atoms with E-state index >= 15 is 0 Å². The second-order valence-electron chi connectivity index (χ2n) is 10.8. The maximum absolute atomic E-state index is 9.28. The normalized spacial score (nSPS) is 56.0. The van der Waals surface area contributed by atoms with Crippen molar-refractivity contribution >= 4 is 5.71 Å². The maximum Gasteiger partial charge on any atom is 0.177 e. The van der Waals surface area contributed by atoms with Gasteiger partial charge in [-0.2, -0.15) is 0 Å². The summed E-state index contributed by atoms with van der Waals surface area (Å²) >= 11 is 0. The SMILES string of the molecule is CC[C@]12CCC3C(C1[C@@H]1C[C@@H]1[C@@]21C=CC(OC)O1)[C@H](C)CC1=C/C(=N/O)CC[C@@H]13. The molecule has 0 bridgehead atoms. The number of methoxy groups -OCH3 is 1. The molecule has 1 spiro atoms. The summed E-state index contributed by atoms with van der Waals surface area (Å²) in [4.78, 5) is 0. The molecule has 6 aliphatic rings. The summed E-state index contributed by atoms with van der Waals surface area (Å²) in [6.07, 6.45) is 15.1. The monoisotopic (exact) mass is 397 g/mol. The molecule has 0 amide bonds. The van der Waals surface area contributed by atoms with Crippen molar-refractivity contribution < 1.29 is 14.7 Å². The Labute approximate surface area is 174 Å². The first kappa shape index (κ1) is 18.6. The molecule has 1 N–H and O–H groups in total. The van der Waals surface area contributed by atoms with Gasteiger partial charge in [-0.1, -0.05) is 30.7 Å². The summed E-state index contributed by atoms with van der Waals surface area (Å²) < 4.78 is 12.3. The number of oxime groups is 1. The molecule has 0 aromatic heterocycles. The summed E-state index contributed by atoms with van der Waals surface area (Å²) in [5.74, 6) is 5.36. The van der Waals surface area contributed by atoms with Crippen LogP contribution in [0, 0.1) is 46.8 Å². The van der Waals surface area contributed by atoms with Crippen LogP contribution in [0.4, 0.5) is 0 Å². The Hall–Kier alpha value is -1.13. The molecule has 4 nitrogen and oxygen atoms in total. The van der Waals surface area contributed by atoms with Gasteiger partial charge in [-0.15, -0.1) is 0 Å². The highest BCUT2D eigenvalue weighted by molar-refractivity contribution is 5.96. The average molecular weight is 398 g/mol. The molecule has 4 heteroatoms. The van der Waals surface area contributed by atoms with E-state index < -0.39 is 0 Å². The van der Waals surface area contributed by atoms with Gasteiger partial charge in [0.05, 0.1) is 11.3 Å². The van der Waals surface area contributed by atoms with Crippen LogP contribution >= 0.6 is 0 Å². The maximum atomic E-state index is 9.28. The van der Waals surface area contributed by atoms with E-state index in [-0.39, 0.29) is 17.3 Å². The van der Waals surface area contributed by atoms with E-state index in [1.54, 1.807) is 12.7 Å². The molecule has 4 unspecified atom stereocenters. The van der Waals surface area contributed by atoms with E-state index in [1.807, 2.05) is 0 Å². The van der Waals surface area contributed by atoms with Gasteiger partial charge in [-0.25, -0.2) is 0 Å². The summed E-state index contributed by atoms with van der Waals surface area (Å²) in [5, 5.41) is 12.8. The fourth-order valence-electron chi connectivity index (χ4n) is 9.26. The molecular weight excluding hydrogens is 362 g/mol. The van der Waals surface area contributed by atoms with Crippen molar-refractivity contribution in [2.75, 3.05) is 7.11 Å². The number of fused-ring (bicyclic) bond motifs is 9. The molecule has 1 heterocycles. The lowest BCUT2D eigenvalue weighted by atomic mass is 9.46. The van der Waals surface area contributed by atoms with Crippen molar-refractivity contribution in [1.29, 1.82) is 0 Å². The lowest BCUT2D eigenvalue weighted by Gasteiger charge is -2.60. The highest BCUT2D eigenvalue weighted by Gasteiger charge is 2.78. The summed E-state index contributed by atoms with van der Waals surface area (Å²) in [7, 11) is 1.77. The van der Waals surface area contributed by atoms with Crippen LogP contribution in [0.1, 0.15) is 58.8 Å². The van der Waals surface area contributed by atoms with Gasteiger partial charge < -0.3 is 14.7 Å². The predicted octanol–water partition coefficient (Wildman–Crippen LogP) is 5.18. The zero-order valence-electron chi connectivity index (χ0n) is 18.0. The summed E-state index contributed by atoms with van der Waals surface area (Å²) in [6, 6.07) is 0. The molecule has 10 atom stereocenters. The third-order valence-corrected chi connectivity index (χ3v) is 10.2. The topological polar surface area (TPSA) is 51.0 Å². The standard InChI is InChI=1S/C25H35NO3/c1-4-24-9-7-18-17-6-5-16(26-27)12-15(17)11-14(2)22(18)23(24)19-13-20(19)25(24)10-8-21(28-3)29-25/h8,10,12,14,17-23,27H,4-7,9,11,13H2,1-3H3/b26-16+/t14-,17+,18?,19-,20+,21?,22?,23?,24+,25+/m1/s1. The van der Waals surface area contributed by atoms with Gasteiger partial charge >= 0.3 is 0 Å². The predicted molar refractivity (Wildman–Crippen MR) is 112 cm³/mol. The largest absolute Gasteiger partial charge is 0.411 e. The van der Waals surface area contributed by atoms with Crippen LogP contribution in [0.2, 0.25) is 0 Å². The minimum atomic E-state index is -0.163. The fourth-order valence-corrected chi connectivity index (χ4v) is 9.26. The Balaban J connectivity index is 1.39. The summed E-state index contributed by atoms with van der Waals surface area (Å²) in [5.41, 5.74) is 2.66. The Kier molecular flexibility index (Phi) is 3.98. The number of hydrogen-bond donors (Lipinski definition) is 1. The molecule has 6 rings (SSSR count).